The first-order chi connectivity index (χ1) is 18.8. The van der Waals surface area contributed by atoms with E-state index in [0.29, 0.717) is 38.5 Å². The van der Waals surface area contributed by atoms with Gasteiger partial charge in [-0.05, 0) is 72.4 Å². The molecule has 210 valence electrons. The third kappa shape index (κ3) is 5.59. The van der Waals surface area contributed by atoms with Crippen LogP contribution in [0.1, 0.15) is 45.8 Å². The van der Waals surface area contributed by atoms with Gasteiger partial charge in [0.2, 0.25) is 10.0 Å². The molecule has 0 spiro atoms. The molecule has 1 aliphatic carbocycles. The van der Waals surface area contributed by atoms with Crippen LogP contribution in [0.4, 0.5) is 18.9 Å². The number of nitrogens with zero attached hydrogens (tertiary/aromatic N) is 1. The lowest BCUT2D eigenvalue weighted by molar-refractivity contribution is -0.138. The van der Waals surface area contributed by atoms with Gasteiger partial charge in [-0.3, -0.25) is 9.10 Å². The Kier molecular flexibility index (Phi) is 7.43. The summed E-state index contributed by atoms with van der Waals surface area (Å²) >= 11 is 8.97. The van der Waals surface area contributed by atoms with Gasteiger partial charge in [-0.2, -0.15) is 13.2 Å². The molecular weight excluding hydrogens is 633 g/mol. The lowest BCUT2D eigenvalue weighted by Crippen LogP contribution is -2.30. The van der Waals surface area contributed by atoms with Crippen LogP contribution in [0.3, 0.4) is 0 Å². The zero-order valence-electron chi connectivity index (χ0n) is 21.3. The number of rotatable bonds is 7. The van der Waals surface area contributed by atoms with Crippen molar-refractivity contribution in [2.45, 2.75) is 31.5 Å². The molecule has 5 rings (SSSR count). The molecule has 12 heteroatoms. The SMILES string of the molecule is CNC(=O)c1c(-c2ccc(Cl)cc2)oc2cc(N(Cc3ccc(Br)c(C(F)(F)F)c3)S(C)(=O)=O)c(C3CC3)cc12. The molecule has 1 saturated carbocycles. The molecule has 40 heavy (non-hydrogen) atoms. The second-order valence-electron chi connectivity index (χ2n) is 9.66. The Hall–Kier alpha value is -3.02. The minimum absolute atomic E-state index is 0.0331. The first kappa shape index (κ1) is 28.5. The van der Waals surface area contributed by atoms with Gasteiger partial charge in [0.1, 0.15) is 11.3 Å². The maximum absolute atomic E-state index is 13.6. The van der Waals surface area contributed by atoms with Crippen molar-refractivity contribution in [3.8, 4) is 11.3 Å². The van der Waals surface area contributed by atoms with Crippen molar-refractivity contribution >= 4 is 60.1 Å². The van der Waals surface area contributed by atoms with Crippen LogP contribution in [-0.4, -0.2) is 27.6 Å². The molecule has 0 bridgehead atoms. The minimum atomic E-state index is -4.62. The van der Waals surface area contributed by atoms with E-state index < -0.39 is 21.8 Å². The summed E-state index contributed by atoms with van der Waals surface area (Å²) in [5.74, 6) is -0.0584. The summed E-state index contributed by atoms with van der Waals surface area (Å²) in [7, 11) is -2.45. The number of hydrogen-bond donors (Lipinski definition) is 1. The number of nitrogens with one attached hydrogen (secondary N) is 1. The fourth-order valence-corrected chi connectivity index (χ4v) is 6.17. The second kappa shape index (κ2) is 10.4. The molecule has 3 aromatic carbocycles. The summed E-state index contributed by atoms with van der Waals surface area (Å²) in [5, 5.41) is 3.65. The van der Waals surface area contributed by atoms with E-state index in [1.807, 2.05) is 0 Å². The van der Waals surface area contributed by atoms with E-state index in [-0.39, 0.29) is 34.0 Å². The molecule has 1 fully saturated rings. The maximum Gasteiger partial charge on any atom is 0.417 e. The van der Waals surface area contributed by atoms with E-state index in [9.17, 15) is 26.4 Å². The lowest BCUT2D eigenvalue weighted by atomic mass is 10.00. The number of amides is 1. The molecule has 0 atom stereocenters. The first-order valence-corrected chi connectivity index (χ1v) is 15.2. The van der Waals surface area contributed by atoms with Gasteiger partial charge in [0.05, 0.1) is 29.6 Å². The smallest absolute Gasteiger partial charge is 0.417 e. The Morgan fingerprint density at radius 3 is 2.38 bits per heavy atom. The maximum atomic E-state index is 13.6. The van der Waals surface area contributed by atoms with Crippen molar-refractivity contribution in [2.75, 3.05) is 17.6 Å². The van der Waals surface area contributed by atoms with Crippen LogP contribution in [0.25, 0.3) is 22.3 Å². The van der Waals surface area contributed by atoms with Gasteiger partial charge in [-0.15, -0.1) is 0 Å². The number of fused-ring (bicyclic) bond motifs is 1. The Labute approximate surface area is 242 Å². The largest absolute Gasteiger partial charge is 0.455 e. The van der Waals surface area contributed by atoms with Gasteiger partial charge in [0, 0.05) is 33.6 Å². The average molecular weight is 656 g/mol. The summed E-state index contributed by atoms with van der Waals surface area (Å²) in [4.78, 5) is 13.0. The number of alkyl halides is 3. The third-order valence-corrected chi connectivity index (χ3v) is 8.82. The molecule has 1 heterocycles. The van der Waals surface area contributed by atoms with Crippen LogP contribution in [0, 0.1) is 0 Å². The monoisotopic (exact) mass is 654 g/mol. The molecule has 1 amide bonds. The third-order valence-electron chi connectivity index (χ3n) is 6.75. The van der Waals surface area contributed by atoms with Gasteiger partial charge in [-0.25, -0.2) is 8.42 Å². The zero-order valence-corrected chi connectivity index (χ0v) is 24.4. The normalized spacial score (nSPS) is 14.0. The van der Waals surface area contributed by atoms with Gasteiger partial charge in [0.25, 0.3) is 5.91 Å². The summed E-state index contributed by atoms with van der Waals surface area (Å²) in [6, 6.07) is 13.7. The fourth-order valence-electron chi connectivity index (χ4n) is 4.68. The Bertz CT molecular complexity index is 1730. The molecule has 0 unspecified atom stereocenters. The topological polar surface area (TPSA) is 79.6 Å². The van der Waals surface area contributed by atoms with Crippen molar-refractivity contribution in [2.24, 2.45) is 0 Å². The highest BCUT2D eigenvalue weighted by molar-refractivity contribution is 9.10. The number of hydrogen-bond acceptors (Lipinski definition) is 4. The first-order valence-electron chi connectivity index (χ1n) is 12.2. The molecule has 1 aliphatic rings. The van der Waals surface area contributed by atoms with Gasteiger partial charge in [0.15, 0.2) is 0 Å². The van der Waals surface area contributed by atoms with E-state index in [1.165, 1.54) is 19.2 Å². The summed E-state index contributed by atoms with van der Waals surface area (Å²) in [6.07, 6.45) is -1.99. The van der Waals surface area contributed by atoms with Gasteiger partial charge >= 0.3 is 6.18 Å². The minimum Gasteiger partial charge on any atom is -0.455 e. The van der Waals surface area contributed by atoms with Crippen molar-refractivity contribution in [1.82, 2.24) is 5.32 Å². The Balaban J connectivity index is 1.70. The molecule has 1 aromatic heterocycles. The molecule has 4 aromatic rings. The van der Waals surface area contributed by atoms with Gasteiger partial charge in [-0.1, -0.05) is 33.6 Å². The quantitative estimate of drug-likeness (QED) is 0.221. The second-order valence-corrected chi connectivity index (χ2v) is 12.9. The van der Waals surface area contributed by atoms with Crippen molar-refractivity contribution in [3.05, 3.63) is 86.3 Å². The average Bonchev–Trinajstić information content (AvgIpc) is 3.66. The van der Waals surface area contributed by atoms with Crippen molar-refractivity contribution < 1.29 is 30.8 Å². The standard InChI is InChI=1S/C28H23BrClF3N2O4S/c1-34-27(36)25-20-12-19(16-4-5-16)23(13-24(20)39-26(25)17-6-8-18(30)9-7-17)35(40(2,37)38)14-15-3-10-22(29)21(11-15)28(31,32)33/h3,6-13,16H,4-5,14H2,1-2H3,(H,34,36). The number of carbonyl (C=O) groups excluding carboxylic acids is 1. The van der Waals surface area contributed by atoms with Crippen molar-refractivity contribution in [3.63, 3.8) is 0 Å². The van der Waals surface area contributed by atoms with Crippen LogP contribution in [0.5, 0.6) is 0 Å². The lowest BCUT2D eigenvalue weighted by Gasteiger charge is -2.26. The number of carbonyl (C=O) groups is 1. The van der Waals surface area contributed by atoms with Crippen LogP contribution in [-0.2, 0) is 22.7 Å². The van der Waals surface area contributed by atoms with E-state index >= 15 is 0 Å². The Morgan fingerprint density at radius 2 is 1.80 bits per heavy atom. The fraction of sp³-hybridized carbons (Fsp3) is 0.250. The van der Waals surface area contributed by atoms with E-state index in [4.69, 9.17) is 16.0 Å². The molecule has 6 nitrogen and oxygen atoms in total. The van der Waals surface area contributed by atoms with E-state index in [1.54, 1.807) is 36.4 Å². The summed E-state index contributed by atoms with van der Waals surface area (Å²) < 4.78 is 74.0. The molecular formula is C28H23BrClF3N2O4S. The van der Waals surface area contributed by atoms with Crippen LogP contribution in [0.2, 0.25) is 5.02 Å². The van der Waals surface area contributed by atoms with Crippen molar-refractivity contribution in [1.29, 1.82) is 0 Å². The predicted octanol–water partition coefficient (Wildman–Crippen LogP) is 7.74. The zero-order chi connectivity index (χ0) is 29.0. The number of sulfonamides is 1. The Morgan fingerprint density at radius 1 is 1.12 bits per heavy atom. The highest BCUT2D eigenvalue weighted by Crippen LogP contribution is 2.48. The number of halogens is 5. The van der Waals surface area contributed by atoms with Crippen LogP contribution < -0.4 is 9.62 Å². The molecule has 0 aliphatic heterocycles. The van der Waals surface area contributed by atoms with E-state index in [2.05, 4.69) is 21.2 Å². The summed E-state index contributed by atoms with van der Waals surface area (Å²) in [5.41, 5.74) is 1.40. The molecule has 1 N–H and O–H groups in total. The van der Waals surface area contributed by atoms with Crippen LogP contribution >= 0.6 is 27.5 Å². The van der Waals surface area contributed by atoms with Gasteiger partial charge < -0.3 is 9.73 Å². The number of furan rings is 1. The number of benzene rings is 3. The highest BCUT2D eigenvalue weighted by Gasteiger charge is 2.35. The van der Waals surface area contributed by atoms with E-state index in [0.717, 1.165) is 29.5 Å². The van der Waals surface area contributed by atoms with Crippen LogP contribution in [0.15, 0.2) is 63.5 Å². The number of anilines is 1. The highest BCUT2D eigenvalue weighted by atomic mass is 79.9. The predicted molar refractivity (Wildman–Crippen MR) is 152 cm³/mol. The molecule has 0 saturated heterocycles. The molecule has 0 radical (unpaired) electrons. The summed E-state index contributed by atoms with van der Waals surface area (Å²) in [6.45, 7) is -0.326.